The predicted octanol–water partition coefficient (Wildman–Crippen LogP) is 0.876. The van der Waals surface area contributed by atoms with E-state index in [2.05, 4.69) is 12.3 Å². The molecule has 0 unspecified atom stereocenters. The first-order valence-corrected chi connectivity index (χ1v) is 2.04. The summed E-state index contributed by atoms with van der Waals surface area (Å²) < 4.78 is 0. The van der Waals surface area contributed by atoms with Gasteiger partial charge in [-0.25, -0.2) is 0 Å². The third kappa shape index (κ3) is 5.22. The summed E-state index contributed by atoms with van der Waals surface area (Å²) in [5.41, 5.74) is 2.67. The van der Waals surface area contributed by atoms with Gasteiger partial charge in [0.25, 0.3) is 0 Å². The Morgan fingerprint density at radius 2 is 2.43 bits per heavy atom. The molecule has 1 heteroatoms. The van der Waals surface area contributed by atoms with Gasteiger partial charge < -0.3 is 5.11 Å². The smallest absolute Gasteiger partial charge is 0.0686 e. The third-order valence-electron chi connectivity index (χ3n) is 0.423. The van der Waals surface area contributed by atoms with Crippen molar-refractivity contribution in [2.45, 2.75) is 0 Å². The topological polar surface area (TPSA) is 20.2 Å². The Bertz CT molecular complexity index is 96.7. The van der Waals surface area contributed by atoms with Gasteiger partial charge in [0.15, 0.2) is 0 Å². The van der Waals surface area contributed by atoms with Crippen LogP contribution in [-0.4, -0.2) is 11.7 Å². The van der Waals surface area contributed by atoms with Crippen LogP contribution in [0.1, 0.15) is 0 Å². The van der Waals surface area contributed by atoms with E-state index in [0.717, 1.165) is 0 Å². The maximum atomic E-state index is 8.12. The van der Waals surface area contributed by atoms with E-state index in [1.54, 1.807) is 12.2 Å². The zero-order valence-electron chi connectivity index (χ0n) is 4.09. The van der Waals surface area contributed by atoms with Crippen LogP contribution in [0, 0.1) is 0 Å². The van der Waals surface area contributed by atoms with Crippen LogP contribution in [0.25, 0.3) is 0 Å². The van der Waals surface area contributed by atoms with Crippen molar-refractivity contribution < 1.29 is 5.11 Å². The fourth-order valence-electron chi connectivity index (χ4n) is 0.189. The first-order valence-electron chi connectivity index (χ1n) is 2.04. The average molecular weight is 96.1 g/mol. The van der Waals surface area contributed by atoms with Gasteiger partial charge >= 0.3 is 0 Å². The molecule has 0 aromatic rings. The highest BCUT2D eigenvalue weighted by molar-refractivity contribution is 4.97. The highest BCUT2D eigenvalue weighted by Gasteiger charge is 1.54. The lowest BCUT2D eigenvalue weighted by Crippen LogP contribution is -1.64. The van der Waals surface area contributed by atoms with Crippen LogP contribution in [0.5, 0.6) is 0 Å². The first-order chi connectivity index (χ1) is 3.41. The summed E-state index contributed by atoms with van der Waals surface area (Å²) in [6.07, 6.45) is 4.75. The third-order valence-corrected chi connectivity index (χ3v) is 0.423. The van der Waals surface area contributed by atoms with Crippen molar-refractivity contribution >= 4 is 0 Å². The molecule has 0 aromatic heterocycles. The maximum absolute atomic E-state index is 8.12. The molecule has 0 saturated carbocycles. The van der Waals surface area contributed by atoms with E-state index in [1.807, 2.05) is 0 Å². The molecular weight excluding hydrogens is 88.1 g/mol. The number of aliphatic hydroxyl groups excluding tert-OH is 1. The van der Waals surface area contributed by atoms with Crippen LogP contribution in [0.4, 0.5) is 0 Å². The highest BCUT2D eigenvalue weighted by Crippen LogP contribution is 1.65. The molecule has 0 atom stereocenters. The van der Waals surface area contributed by atoms with E-state index in [-0.39, 0.29) is 6.61 Å². The van der Waals surface area contributed by atoms with Crippen molar-refractivity contribution in [1.29, 1.82) is 0 Å². The fourth-order valence-corrected chi connectivity index (χ4v) is 0.189. The van der Waals surface area contributed by atoms with Gasteiger partial charge in [-0.05, 0) is 12.2 Å². The van der Waals surface area contributed by atoms with Gasteiger partial charge in [0, 0.05) is 0 Å². The van der Waals surface area contributed by atoms with Crippen LogP contribution < -0.4 is 0 Å². The molecule has 0 spiro atoms. The molecule has 0 aliphatic heterocycles. The minimum Gasteiger partial charge on any atom is -0.392 e. The van der Waals surface area contributed by atoms with Crippen molar-refractivity contribution in [3.63, 3.8) is 0 Å². The maximum Gasteiger partial charge on any atom is 0.0686 e. The quantitative estimate of drug-likeness (QED) is 0.399. The number of rotatable bonds is 2. The number of aliphatic hydroxyl groups is 1. The molecule has 0 aliphatic rings. The van der Waals surface area contributed by atoms with Gasteiger partial charge in [-0.2, -0.15) is 0 Å². The summed E-state index contributed by atoms with van der Waals surface area (Å²) in [7, 11) is 0. The lowest BCUT2D eigenvalue weighted by molar-refractivity contribution is 0.343. The predicted molar refractivity (Wildman–Crippen MR) is 29.9 cm³/mol. The molecule has 0 aliphatic carbocycles. The second-order valence-corrected chi connectivity index (χ2v) is 0.956. The second-order valence-electron chi connectivity index (χ2n) is 0.956. The minimum atomic E-state index is 0.0460. The van der Waals surface area contributed by atoms with Gasteiger partial charge in [0.05, 0.1) is 6.61 Å². The average Bonchev–Trinajstić information content (AvgIpc) is 1.69. The SMILES string of the molecule is C=CC=C=CCO. The van der Waals surface area contributed by atoms with Crippen LogP contribution in [0.3, 0.4) is 0 Å². The van der Waals surface area contributed by atoms with E-state index in [4.69, 9.17) is 5.11 Å². The lowest BCUT2D eigenvalue weighted by atomic mass is 10.5. The number of allylic oxidation sites excluding steroid dienone is 1. The molecular formula is C6H8O. The molecule has 0 fully saturated rings. The Morgan fingerprint density at radius 1 is 1.71 bits per heavy atom. The van der Waals surface area contributed by atoms with E-state index in [0.29, 0.717) is 0 Å². The summed E-state index contributed by atoms with van der Waals surface area (Å²) in [5.74, 6) is 0. The van der Waals surface area contributed by atoms with Gasteiger partial charge in [-0.1, -0.05) is 12.7 Å². The molecule has 0 radical (unpaired) electrons. The van der Waals surface area contributed by atoms with Crippen LogP contribution in [-0.2, 0) is 0 Å². The van der Waals surface area contributed by atoms with Crippen molar-refractivity contribution in [1.82, 2.24) is 0 Å². The molecule has 1 N–H and O–H groups in total. The molecule has 0 saturated heterocycles. The zero-order valence-corrected chi connectivity index (χ0v) is 4.09. The molecule has 0 bridgehead atoms. The van der Waals surface area contributed by atoms with Crippen LogP contribution in [0.2, 0.25) is 0 Å². The summed E-state index contributed by atoms with van der Waals surface area (Å²) in [6, 6.07) is 0. The van der Waals surface area contributed by atoms with E-state index in [1.165, 1.54) is 6.08 Å². The molecule has 0 aromatic carbocycles. The Hall–Kier alpha value is -0.780. The Kier molecular flexibility index (Phi) is 4.64. The van der Waals surface area contributed by atoms with Crippen LogP contribution >= 0.6 is 0 Å². The zero-order chi connectivity index (χ0) is 5.54. The second kappa shape index (κ2) is 5.22. The highest BCUT2D eigenvalue weighted by atomic mass is 16.2. The lowest BCUT2D eigenvalue weighted by Gasteiger charge is -1.65. The first kappa shape index (κ1) is 6.22. The molecule has 1 nitrogen and oxygen atoms in total. The number of hydrogen-bond donors (Lipinski definition) is 1. The summed E-state index contributed by atoms with van der Waals surface area (Å²) in [4.78, 5) is 0. The van der Waals surface area contributed by atoms with Crippen LogP contribution in [0.15, 0.2) is 30.5 Å². The van der Waals surface area contributed by atoms with Crippen molar-refractivity contribution in [2.75, 3.05) is 6.61 Å². The summed E-state index contributed by atoms with van der Waals surface area (Å²) in [5, 5.41) is 8.12. The molecule has 0 heterocycles. The van der Waals surface area contributed by atoms with Gasteiger partial charge in [0.2, 0.25) is 0 Å². The molecule has 0 amide bonds. The molecule has 0 rings (SSSR count). The summed E-state index contributed by atoms with van der Waals surface area (Å²) in [6.45, 7) is 3.46. The molecule has 38 valence electrons. The van der Waals surface area contributed by atoms with Crippen molar-refractivity contribution in [2.24, 2.45) is 0 Å². The van der Waals surface area contributed by atoms with Gasteiger partial charge in [-0.3, -0.25) is 0 Å². The minimum absolute atomic E-state index is 0.0460. The Labute approximate surface area is 43.3 Å². The van der Waals surface area contributed by atoms with Crippen molar-refractivity contribution in [3.05, 3.63) is 30.5 Å². The fraction of sp³-hybridized carbons (Fsp3) is 0.167. The van der Waals surface area contributed by atoms with Gasteiger partial charge in [-0.15, -0.1) is 5.73 Å². The van der Waals surface area contributed by atoms with E-state index < -0.39 is 0 Å². The standard InChI is InChI=1S/C6H8O/c1-2-3-4-5-6-7/h2-3,5,7H,1,6H2. The Morgan fingerprint density at radius 3 is 2.86 bits per heavy atom. The largest absolute Gasteiger partial charge is 0.392 e. The number of hydrogen-bond acceptors (Lipinski definition) is 1. The normalized spacial score (nSPS) is 6.43. The molecule has 7 heavy (non-hydrogen) atoms. The van der Waals surface area contributed by atoms with E-state index >= 15 is 0 Å². The monoisotopic (exact) mass is 96.1 g/mol. The summed E-state index contributed by atoms with van der Waals surface area (Å²) >= 11 is 0. The van der Waals surface area contributed by atoms with Crippen molar-refractivity contribution in [3.8, 4) is 0 Å². The Balaban J connectivity index is 3.40. The van der Waals surface area contributed by atoms with E-state index in [9.17, 15) is 0 Å². The van der Waals surface area contributed by atoms with Gasteiger partial charge in [0.1, 0.15) is 0 Å².